The summed E-state index contributed by atoms with van der Waals surface area (Å²) < 4.78 is 0. The van der Waals surface area contributed by atoms with Gasteiger partial charge < -0.3 is 10.2 Å². The van der Waals surface area contributed by atoms with Crippen LogP contribution in [0.3, 0.4) is 0 Å². The largest absolute Gasteiger partial charge is 0.316 e. The second-order valence-corrected chi connectivity index (χ2v) is 7.07. The van der Waals surface area contributed by atoms with Gasteiger partial charge in [0.25, 0.3) is 0 Å². The second kappa shape index (κ2) is 8.70. The van der Waals surface area contributed by atoms with Crippen LogP contribution in [-0.2, 0) is 4.79 Å². The molecule has 1 saturated heterocycles. The molecule has 1 N–H and O–H groups in total. The number of rotatable bonds is 6. The number of anilines is 1. The molecule has 0 aromatic heterocycles. The van der Waals surface area contributed by atoms with Crippen LogP contribution in [0, 0.1) is 17.8 Å². The minimum atomic E-state index is 0. The molecule has 1 aromatic rings. The molecule has 1 aromatic carbocycles. The van der Waals surface area contributed by atoms with Crippen LogP contribution in [0.1, 0.15) is 39.0 Å². The molecule has 3 rings (SSSR count). The summed E-state index contributed by atoms with van der Waals surface area (Å²) in [5.41, 5.74) is 1.06. The fraction of sp³-hybridized carbons (Fsp3) is 0.632. The first kappa shape index (κ1) is 18.3. The van der Waals surface area contributed by atoms with Crippen LogP contribution >= 0.6 is 12.4 Å². The standard InChI is InChI=1S/C19H28N2O.ClH/c1-15(17-6-5-11-20-13-17)12-19(22)21(14-16-9-10-16)18-7-3-2-4-8-18;/h2-4,7-8,15-17,20H,5-6,9-14H2,1H3;1H. The van der Waals surface area contributed by atoms with Gasteiger partial charge in [0.15, 0.2) is 0 Å². The Morgan fingerprint density at radius 3 is 2.61 bits per heavy atom. The maximum atomic E-state index is 12.9. The minimum Gasteiger partial charge on any atom is -0.316 e. The highest BCUT2D eigenvalue weighted by molar-refractivity contribution is 5.93. The number of nitrogens with zero attached hydrogens (tertiary/aromatic N) is 1. The number of carbonyl (C=O) groups is 1. The summed E-state index contributed by atoms with van der Waals surface area (Å²) in [6, 6.07) is 10.2. The number of para-hydroxylation sites is 1. The highest BCUT2D eigenvalue weighted by Gasteiger charge is 2.29. The van der Waals surface area contributed by atoms with Gasteiger partial charge in [0.05, 0.1) is 0 Å². The molecule has 0 radical (unpaired) electrons. The molecule has 3 nitrogen and oxygen atoms in total. The van der Waals surface area contributed by atoms with Crippen molar-refractivity contribution >= 4 is 24.0 Å². The topological polar surface area (TPSA) is 32.3 Å². The summed E-state index contributed by atoms with van der Waals surface area (Å²) in [4.78, 5) is 14.9. The lowest BCUT2D eigenvalue weighted by Gasteiger charge is -2.30. The van der Waals surface area contributed by atoms with Crippen LogP contribution in [-0.4, -0.2) is 25.5 Å². The van der Waals surface area contributed by atoms with Gasteiger partial charge in [0.2, 0.25) is 5.91 Å². The average Bonchev–Trinajstić information content (AvgIpc) is 3.38. The fourth-order valence-corrected chi connectivity index (χ4v) is 3.43. The zero-order valence-corrected chi connectivity index (χ0v) is 14.9. The molecule has 23 heavy (non-hydrogen) atoms. The molecular formula is C19H29ClN2O. The van der Waals surface area contributed by atoms with Gasteiger partial charge in [-0.2, -0.15) is 0 Å². The number of hydrogen-bond acceptors (Lipinski definition) is 2. The number of amides is 1. The Bertz CT molecular complexity index is 483. The van der Waals surface area contributed by atoms with E-state index in [0.29, 0.717) is 24.2 Å². The lowest BCUT2D eigenvalue weighted by atomic mass is 9.85. The van der Waals surface area contributed by atoms with Gasteiger partial charge in [-0.1, -0.05) is 25.1 Å². The van der Waals surface area contributed by atoms with E-state index in [0.717, 1.165) is 31.2 Å². The third-order valence-corrected chi connectivity index (χ3v) is 5.14. The number of halogens is 1. The van der Waals surface area contributed by atoms with Crippen molar-refractivity contribution in [3.63, 3.8) is 0 Å². The van der Waals surface area contributed by atoms with E-state index in [4.69, 9.17) is 0 Å². The zero-order valence-electron chi connectivity index (χ0n) is 14.0. The van der Waals surface area contributed by atoms with Crippen molar-refractivity contribution in [2.75, 3.05) is 24.5 Å². The molecule has 0 bridgehead atoms. The van der Waals surface area contributed by atoms with Gasteiger partial charge in [-0.3, -0.25) is 4.79 Å². The van der Waals surface area contributed by atoms with E-state index in [9.17, 15) is 4.79 Å². The molecule has 128 valence electrons. The summed E-state index contributed by atoms with van der Waals surface area (Å²) in [6.07, 6.45) is 5.73. The van der Waals surface area contributed by atoms with Crippen molar-refractivity contribution in [1.82, 2.24) is 5.32 Å². The molecule has 1 amide bonds. The monoisotopic (exact) mass is 336 g/mol. The van der Waals surface area contributed by atoms with E-state index >= 15 is 0 Å². The van der Waals surface area contributed by atoms with E-state index < -0.39 is 0 Å². The van der Waals surface area contributed by atoms with Crippen molar-refractivity contribution in [2.45, 2.75) is 39.0 Å². The lowest BCUT2D eigenvalue weighted by Crippen LogP contribution is -2.38. The smallest absolute Gasteiger partial charge is 0.227 e. The lowest BCUT2D eigenvalue weighted by molar-refractivity contribution is -0.119. The Morgan fingerprint density at radius 2 is 2.00 bits per heavy atom. The summed E-state index contributed by atoms with van der Waals surface area (Å²) >= 11 is 0. The van der Waals surface area contributed by atoms with Gasteiger partial charge >= 0.3 is 0 Å². The van der Waals surface area contributed by atoms with Crippen molar-refractivity contribution in [1.29, 1.82) is 0 Å². The van der Waals surface area contributed by atoms with E-state index in [-0.39, 0.29) is 12.4 Å². The molecule has 2 atom stereocenters. The van der Waals surface area contributed by atoms with Crippen LogP contribution in [0.5, 0.6) is 0 Å². The molecular weight excluding hydrogens is 308 g/mol. The van der Waals surface area contributed by atoms with Crippen LogP contribution < -0.4 is 10.2 Å². The van der Waals surface area contributed by atoms with Gasteiger partial charge in [-0.05, 0) is 68.7 Å². The molecule has 1 saturated carbocycles. The molecule has 1 aliphatic carbocycles. The molecule has 0 spiro atoms. The summed E-state index contributed by atoms with van der Waals surface area (Å²) in [5, 5.41) is 3.47. The molecule has 2 fully saturated rings. The van der Waals surface area contributed by atoms with Crippen molar-refractivity contribution in [3.8, 4) is 0 Å². The molecule has 1 aliphatic heterocycles. The van der Waals surface area contributed by atoms with Crippen LogP contribution in [0.2, 0.25) is 0 Å². The number of piperidine rings is 1. The fourth-order valence-electron chi connectivity index (χ4n) is 3.43. The quantitative estimate of drug-likeness (QED) is 0.855. The molecule has 4 heteroatoms. The Labute approximate surface area is 146 Å². The average molecular weight is 337 g/mol. The molecule has 1 heterocycles. The van der Waals surface area contributed by atoms with Gasteiger partial charge in [0, 0.05) is 18.7 Å². The Balaban J connectivity index is 0.00000192. The zero-order chi connectivity index (χ0) is 15.4. The van der Waals surface area contributed by atoms with E-state index in [1.807, 2.05) is 23.1 Å². The Morgan fingerprint density at radius 1 is 1.26 bits per heavy atom. The summed E-state index contributed by atoms with van der Waals surface area (Å²) in [7, 11) is 0. The SMILES string of the molecule is CC(CC(=O)N(CC1CC1)c1ccccc1)C1CCCNC1.Cl. The number of carbonyl (C=O) groups excluding carboxylic acids is 1. The number of nitrogens with one attached hydrogen (secondary N) is 1. The molecule has 2 unspecified atom stereocenters. The van der Waals surface area contributed by atoms with Gasteiger partial charge in [-0.15, -0.1) is 12.4 Å². The Kier molecular flexibility index (Phi) is 6.91. The van der Waals surface area contributed by atoms with Gasteiger partial charge in [-0.25, -0.2) is 0 Å². The van der Waals surface area contributed by atoms with Crippen LogP contribution in [0.15, 0.2) is 30.3 Å². The maximum Gasteiger partial charge on any atom is 0.227 e. The third kappa shape index (κ3) is 5.22. The Hall–Kier alpha value is -1.06. The highest BCUT2D eigenvalue weighted by atomic mass is 35.5. The first-order valence-corrected chi connectivity index (χ1v) is 8.80. The van der Waals surface area contributed by atoms with E-state index in [1.54, 1.807) is 0 Å². The second-order valence-electron chi connectivity index (χ2n) is 7.07. The normalized spacial score (nSPS) is 22.0. The third-order valence-electron chi connectivity index (χ3n) is 5.14. The van der Waals surface area contributed by atoms with Crippen LogP contribution in [0.25, 0.3) is 0 Å². The van der Waals surface area contributed by atoms with Crippen molar-refractivity contribution < 1.29 is 4.79 Å². The predicted octanol–water partition coefficient (Wildman–Crippen LogP) is 3.88. The van der Waals surface area contributed by atoms with Gasteiger partial charge in [0.1, 0.15) is 0 Å². The minimum absolute atomic E-state index is 0. The van der Waals surface area contributed by atoms with Crippen LogP contribution in [0.4, 0.5) is 5.69 Å². The highest BCUT2D eigenvalue weighted by Crippen LogP contribution is 2.32. The summed E-state index contributed by atoms with van der Waals surface area (Å²) in [5.74, 6) is 2.13. The number of benzene rings is 1. The van der Waals surface area contributed by atoms with E-state index in [2.05, 4.69) is 24.4 Å². The first-order valence-electron chi connectivity index (χ1n) is 8.80. The van der Waals surface area contributed by atoms with E-state index in [1.165, 1.54) is 25.7 Å². The number of hydrogen-bond donors (Lipinski definition) is 1. The van der Waals surface area contributed by atoms with Crippen molar-refractivity contribution in [3.05, 3.63) is 30.3 Å². The first-order chi connectivity index (χ1) is 10.7. The molecule has 2 aliphatic rings. The maximum absolute atomic E-state index is 12.9. The van der Waals surface area contributed by atoms with Crippen molar-refractivity contribution in [2.24, 2.45) is 17.8 Å². The summed E-state index contributed by atoms with van der Waals surface area (Å²) in [6.45, 7) is 5.35. The predicted molar refractivity (Wildman–Crippen MR) is 98.1 cm³/mol.